The fourth-order valence-electron chi connectivity index (χ4n) is 6.20. The number of nitrogens with one attached hydrogen (secondary N) is 1. The molecule has 11 nitrogen and oxygen atoms in total. The number of anilines is 2. The molecule has 1 N–H and O–H groups in total. The van der Waals surface area contributed by atoms with Crippen molar-refractivity contribution in [2.45, 2.75) is 77.2 Å². The number of hydrogen-bond donors (Lipinski definition) is 1. The van der Waals surface area contributed by atoms with Gasteiger partial charge in [-0.05, 0) is 88.6 Å². The molecular weight excluding hydrogens is 558 g/mol. The Morgan fingerprint density at radius 1 is 0.932 bits per heavy atom. The number of hydrogen-bond acceptors (Lipinski definition) is 9. The first-order valence-corrected chi connectivity index (χ1v) is 15.0. The highest BCUT2D eigenvalue weighted by Crippen LogP contribution is 2.39. The highest BCUT2D eigenvalue weighted by Gasteiger charge is 2.45. The van der Waals surface area contributed by atoms with Crippen molar-refractivity contribution >= 4 is 34.1 Å². The van der Waals surface area contributed by atoms with Gasteiger partial charge < -0.3 is 24.4 Å². The Hall–Kier alpha value is -4.93. The number of rotatable bonds is 6. The van der Waals surface area contributed by atoms with E-state index in [4.69, 9.17) is 14.2 Å². The van der Waals surface area contributed by atoms with Gasteiger partial charge in [0.05, 0.1) is 5.52 Å². The Labute approximate surface area is 255 Å². The highest BCUT2D eigenvalue weighted by atomic mass is 16.6. The first kappa shape index (κ1) is 27.9. The molecule has 3 aromatic heterocycles. The lowest BCUT2D eigenvalue weighted by Crippen LogP contribution is -2.50. The normalized spacial score (nSPS) is 19.7. The predicted molar refractivity (Wildman–Crippen MR) is 166 cm³/mol. The Morgan fingerprint density at radius 2 is 1.75 bits per heavy atom. The van der Waals surface area contributed by atoms with Crippen LogP contribution in [0.4, 0.5) is 16.3 Å². The van der Waals surface area contributed by atoms with Crippen LogP contribution in [-0.2, 0) is 4.74 Å². The average Bonchev–Trinajstić information content (AvgIpc) is 3.55. The molecule has 1 unspecified atom stereocenters. The SMILES string of the molecule is Cc1cc(Nc2ncnc3ccc(OC4C[C@H]5CC[C@@H](C4)N5C(=O)OC(C)(C)C)cc23)ccc1Oc1ccn2ncnc2c1. The molecule has 0 radical (unpaired) electrons. The van der Waals surface area contributed by atoms with Crippen molar-refractivity contribution in [2.75, 3.05) is 5.32 Å². The molecule has 2 aliphatic rings. The van der Waals surface area contributed by atoms with E-state index < -0.39 is 5.60 Å². The van der Waals surface area contributed by atoms with Gasteiger partial charge in [0, 0.05) is 48.3 Å². The highest BCUT2D eigenvalue weighted by molar-refractivity contribution is 5.91. The van der Waals surface area contributed by atoms with E-state index in [-0.39, 0.29) is 24.3 Å². The van der Waals surface area contributed by atoms with Gasteiger partial charge in [-0.3, -0.25) is 0 Å². The van der Waals surface area contributed by atoms with Gasteiger partial charge >= 0.3 is 6.09 Å². The lowest BCUT2D eigenvalue weighted by atomic mass is 10.00. The van der Waals surface area contributed by atoms with Crippen LogP contribution in [0, 0.1) is 6.92 Å². The number of aromatic nitrogens is 5. The average molecular weight is 594 g/mol. The van der Waals surface area contributed by atoms with Crippen molar-refractivity contribution in [1.82, 2.24) is 29.5 Å². The summed E-state index contributed by atoms with van der Waals surface area (Å²) in [6.07, 6.45) is 8.20. The van der Waals surface area contributed by atoms with E-state index in [1.807, 2.05) is 87.3 Å². The number of ether oxygens (including phenoxy) is 3. The van der Waals surface area contributed by atoms with Crippen molar-refractivity contribution < 1.29 is 19.0 Å². The van der Waals surface area contributed by atoms with E-state index in [0.717, 1.165) is 65.0 Å². The summed E-state index contributed by atoms with van der Waals surface area (Å²) in [7, 11) is 0. The summed E-state index contributed by atoms with van der Waals surface area (Å²) in [4.78, 5) is 28.0. The van der Waals surface area contributed by atoms with Gasteiger partial charge in [-0.15, -0.1) is 0 Å². The second-order valence-corrected chi connectivity index (χ2v) is 12.5. The number of piperidine rings is 1. The summed E-state index contributed by atoms with van der Waals surface area (Å²) >= 11 is 0. The number of carbonyl (C=O) groups excluding carboxylic acids is 1. The molecule has 0 spiro atoms. The lowest BCUT2D eigenvalue weighted by Gasteiger charge is -2.39. The number of pyridine rings is 1. The van der Waals surface area contributed by atoms with Crippen molar-refractivity contribution in [1.29, 1.82) is 0 Å². The third kappa shape index (κ3) is 5.69. The van der Waals surface area contributed by atoms with Crippen LogP contribution in [0.3, 0.4) is 0 Å². The molecule has 2 saturated heterocycles. The van der Waals surface area contributed by atoms with E-state index in [1.54, 1.807) is 10.8 Å². The van der Waals surface area contributed by atoms with Crippen LogP contribution >= 0.6 is 0 Å². The van der Waals surface area contributed by atoms with Crippen LogP contribution in [-0.4, -0.2) is 59.3 Å². The van der Waals surface area contributed by atoms with E-state index in [9.17, 15) is 4.79 Å². The Morgan fingerprint density at radius 3 is 2.52 bits per heavy atom. The minimum atomic E-state index is -0.508. The molecule has 2 aliphatic heterocycles. The predicted octanol–water partition coefficient (Wildman–Crippen LogP) is 6.83. The molecule has 226 valence electrons. The van der Waals surface area contributed by atoms with Gasteiger partial charge in [0.15, 0.2) is 5.65 Å². The van der Waals surface area contributed by atoms with Gasteiger partial charge in [-0.2, -0.15) is 5.10 Å². The maximum atomic E-state index is 12.9. The minimum Gasteiger partial charge on any atom is -0.490 e. The van der Waals surface area contributed by atoms with Gasteiger partial charge in [0.25, 0.3) is 0 Å². The Balaban J connectivity index is 1.05. The Kier molecular flexibility index (Phi) is 6.95. The monoisotopic (exact) mass is 593 g/mol. The molecule has 2 fully saturated rings. The standard InChI is InChI=1S/C33H35N7O4/c1-20-13-21(5-10-29(20)43-25-11-12-39-30(17-25)35-19-37-39)38-31-27-16-24(8-9-28(27)34-18-36-31)42-26-14-22-6-7-23(15-26)40(22)32(41)44-33(2,3)4/h5,8-13,16-19,22-23,26H,6-7,14-15H2,1-4H3,(H,34,36,38)/t22-,23+,26?. The van der Waals surface area contributed by atoms with Crippen LogP contribution < -0.4 is 14.8 Å². The fourth-order valence-corrected chi connectivity index (χ4v) is 6.20. The number of carbonyl (C=O) groups is 1. The zero-order valence-electron chi connectivity index (χ0n) is 25.2. The van der Waals surface area contributed by atoms with Crippen LogP contribution in [0.25, 0.3) is 16.6 Å². The summed E-state index contributed by atoms with van der Waals surface area (Å²) < 4.78 is 20.0. The largest absolute Gasteiger partial charge is 0.490 e. The minimum absolute atomic E-state index is 0.0188. The molecule has 3 atom stereocenters. The third-order valence-corrected chi connectivity index (χ3v) is 8.12. The van der Waals surface area contributed by atoms with Crippen molar-refractivity contribution in [2.24, 2.45) is 0 Å². The molecule has 5 heterocycles. The number of fused-ring (bicyclic) bond motifs is 4. The molecule has 1 amide bonds. The summed E-state index contributed by atoms with van der Waals surface area (Å²) in [5.41, 5.74) is 2.86. The van der Waals surface area contributed by atoms with Gasteiger partial charge in [-0.25, -0.2) is 24.3 Å². The second kappa shape index (κ2) is 11.0. The molecule has 11 heteroatoms. The van der Waals surface area contributed by atoms with Gasteiger partial charge in [0.2, 0.25) is 0 Å². The first-order valence-electron chi connectivity index (χ1n) is 15.0. The van der Waals surface area contributed by atoms with E-state index >= 15 is 0 Å². The molecule has 5 aromatic rings. The maximum absolute atomic E-state index is 12.9. The third-order valence-electron chi connectivity index (χ3n) is 8.12. The van der Waals surface area contributed by atoms with E-state index in [2.05, 4.69) is 25.4 Å². The molecule has 2 aromatic carbocycles. The van der Waals surface area contributed by atoms with Gasteiger partial charge in [0.1, 0.15) is 47.4 Å². The van der Waals surface area contributed by atoms with Crippen LogP contribution in [0.1, 0.15) is 52.0 Å². The second-order valence-electron chi connectivity index (χ2n) is 12.5. The number of benzene rings is 2. The molecular formula is C33H35N7O4. The van der Waals surface area contributed by atoms with Crippen LogP contribution in [0.2, 0.25) is 0 Å². The van der Waals surface area contributed by atoms with Crippen LogP contribution in [0.5, 0.6) is 17.2 Å². The van der Waals surface area contributed by atoms with Crippen molar-refractivity contribution in [3.8, 4) is 17.2 Å². The molecule has 44 heavy (non-hydrogen) atoms. The van der Waals surface area contributed by atoms with Gasteiger partial charge in [-0.1, -0.05) is 0 Å². The summed E-state index contributed by atoms with van der Waals surface area (Å²) in [6, 6.07) is 15.8. The number of aryl methyl sites for hydroxylation is 1. The smallest absolute Gasteiger partial charge is 0.410 e. The van der Waals surface area contributed by atoms with Crippen molar-refractivity contribution in [3.05, 3.63) is 72.9 Å². The number of amides is 1. The number of nitrogens with zero attached hydrogens (tertiary/aromatic N) is 6. The summed E-state index contributed by atoms with van der Waals surface area (Å²) in [5.74, 6) is 2.88. The molecule has 0 saturated carbocycles. The summed E-state index contributed by atoms with van der Waals surface area (Å²) in [6.45, 7) is 7.72. The molecule has 2 bridgehead atoms. The molecule has 0 aliphatic carbocycles. The Bertz CT molecular complexity index is 1840. The summed E-state index contributed by atoms with van der Waals surface area (Å²) in [5, 5.41) is 8.43. The topological polar surface area (TPSA) is 116 Å². The zero-order chi connectivity index (χ0) is 30.4. The lowest BCUT2D eigenvalue weighted by molar-refractivity contribution is -0.00706. The van der Waals surface area contributed by atoms with Crippen LogP contribution in [0.15, 0.2) is 67.4 Å². The quantitative estimate of drug-likeness (QED) is 0.226. The fraction of sp³-hybridized carbons (Fsp3) is 0.364. The van der Waals surface area contributed by atoms with E-state index in [0.29, 0.717) is 11.6 Å². The zero-order valence-corrected chi connectivity index (χ0v) is 25.2. The van der Waals surface area contributed by atoms with E-state index in [1.165, 1.54) is 6.33 Å². The van der Waals surface area contributed by atoms with Crippen molar-refractivity contribution in [3.63, 3.8) is 0 Å². The molecule has 7 rings (SSSR count). The maximum Gasteiger partial charge on any atom is 0.410 e. The first-order chi connectivity index (χ1) is 21.2.